The van der Waals surface area contributed by atoms with Crippen LogP contribution in [0.2, 0.25) is 0 Å². The molecule has 2 rings (SSSR count). The van der Waals surface area contributed by atoms with Gasteiger partial charge in [0.25, 0.3) is 0 Å². The van der Waals surface area contributed by atoms with Gasteiger partial charge in [-0.3, -0.25) is 14.4 Å². The summed E-state index contributed by atoms with van der Waals surface area (Å²) in [5, 5.41) is 14.8. The fourth-order valence-electron chi connectivity index (χ4n) is 3.08. The Morgan fingerprint density at radius 3 is 2.81 bits per heavy atom. The lowest BCUT2D eigenvalue weighted by Gasteiger charge is -2.23. The molecule has 0 spiro atoms. The maximum Gasteiger partial charge on any atom is 0.306 e. The third kappa shape index (κ3) is 10.0. The van der Waals surface area contributed by atoms with Crippen molar-refractivity contribution in [2.24, 2.45) is 5.92 Å². The fraction of sp³-hybridized carbons (Fsp3) is 0.522. The third-order valence-electron chi connectivity index (χ3n) is 4.81. The fourth-order valence-corrected chi connectivity index (χ4v) is 4.09. The standard InChI is InChI=1S/C23H32N2O5S/c1-17(13-26)24-21(27)12-19-10-6-3-7-11-22(28)30-14-20(25-23(19)29)16-31-15-18-8-4-2-5-9-18/h2-6,8-9,17,19-20,26H,7,10-16H2,1H3,(H,24,27)(H,25,29). The van der Waals surface area contributed by atoms with Gasteiger partial charge in [-0.25, -0.2) is 0 Å². The van der Waals surface area contributed by atoms with Gasteiger partial charge in [-0.15, -0.1) is 0 Å². The molecule has 170 valence electrons. The number of carbonyl (C=O) groups is 3. The number of benzene rings is 1. The molecule has 7 nitrogen and oxygen atoms in total. The highest BCUT2D eigenvalue weighted by Crippen LogP contribution is 2.16. The number of cyclic esters (lactones) is 1. The number of esters is 1. The predicted octanol–water partition coefficient (Wildman–Crippen LogP) is 2.19. The molecule has 1 aliphatic heterocycles. The Kier molecular flexibility index (Phi) is 11.2. The van der Waals surface area contributed by atoms with Gasteiger partial charge in [-0.1, -0.05) is 42.5 Å². The first-order valence-corrected chi connectivity index (χ1v) is 11.8. The van der Waals surface area contributed by atoms with E-state index < -0.39 is 5.92 Å². The second-order valence-electron chi connectivity index (χ2n) is 7.69. The van der Waals surface area contributed by atoms with E-state index in [4.69, 9.17) is 9.84 Å². The number of thioether (sulfide) groups is 1. The molecular weight excluding hydrogens is 416 g/mol. The molecule has 0 aromatic heterocycles. The molecular formula is C23H32N2O5S. The Labute approximate surface area is 188 Å². The zero-order valence-corrected chi connectivity index (χ0v) is 18.7. The van der Waals surface area contributed by atoms with Crippen molar-refractivity contribution in [3.05, 3.63) is 48.0 Å². The smallest absolute Gasteiger partial charge is 0.306 e. The van der Waals surface area contributed by atoms with E-state index >= 15 is 0 Å². The number of hydrogen-bond donors (Lipinski definition) is 3. The summed E-state index contributed by atoms with van der Waals surface area (Å²) in [5.41, 5.74) is 1.18. The van der Waals surface area contributed by atoms with E-state index in [1.54, 1.807) is 18.7 Å². The molecule has 1 aliphatic rings. The topological polar surface area (TPSA) is 105 Å². The van der Waals surface area contributed by atoms with Crippen molar-refractivity contribution in [2.45, 2.75) is 50.4 Å². The SMILES string of the molecule is CC(CO)NC(=O)CC1CC=CCCC(=O)OCC(CSCc2ccccc2)NC1=O. The lowest BCUT2D eigenvalue weighted by molar-refractivity contribution is -0.145. The van der Waals surface area contributed by atoms with Gasteiger partial charge >= 0.3 is 5.97 Å². The molecule has 1 aromatic rings. The first-order chi connectivity index (χ1) is 15.0. The molecule has 0 radical (unpaired) electrons. The number of aliphatic hydroxyl groups is 1. The molecule has 0 saturated carbocycles. The summed E-state index contributed by atoms with van der Waals surface area (Å²) < 4.78 is 5.35. The normalized spacial score (nSPS) is 21.2. The molecule has 3 N–H and O–H groups in total. The number of rotatable bonds is 8. The van der Waals surface area contributed by atoms with Crippen LogP contribution in [0, 0.1) is 5.92 Å². The van der Waals surface area contributed by atoms with Crippen molar-refractivity contribution in [1.29, 1.82) is 0 Å². The van der Waals surface area contributed by atoms with E-state index in [9.17, 15) is 14.4 Å². The van der Waals surface area contributed by atoms with Crippen molar-refractivity contribution < 1.29 is 24.2 Å². The van der Waals surface area contributed by atoms with Gasteiger partial charge in [0.15, 0.2) is 0 Å². The predicted molar refractivity (Wildman–Crippen MR) is 121 cm³/mol. The number of allylic oxidation sites excluding steroid dienone is 2. The van der Waals surface area contributed by atoms with Gasteiger partial charge < -0.3 is 20.5 Å². The Hall–Kier alpha value is -2.32. The summed E-state index contributed by atoms with van der Waals surface area (Å²) >= 11 is 1.65. The molecule has 1 aromatic carbocycles. The Balaban J connectivity index is 2.00. The molecule has 3 unspecified atom stereocenters. The van der Waals surface area contributed by atoms with Crippen LogP contribution in [0.15, 0.2) is 42.5 Å². The highest BCUT2D eigenvalue weighted by molar-refractivity contribution is 7.98. The van der Waals surface area contributed by atoms with Crippen molar-refractivity contribution >= 4 is 29.5 Å². The number of nitrogens with one attached hydrogen (secondary N) is 2. The third-order valence-corrected chi connectivity index (χ3v) is 5.98. The summed E-state index contributed by atoms with van der Waals surface area (Å²) in [5.74, 6) is 0.0475. The van der Waals surface area contributed by atoms with Crippen LogP contribution in [-0.4, -0.2) is 53.9 Å². The van der Waals surface area contributed by atoms with Gasteiger partial charge in [0.2, 0.25) is 11.8 Å². The molecule has 1 heterocycles. The Morgan fingerprint density at radius 1 is 1.29 bits per heavy atom. The largest absolute Gasteiger partial charge is 0.463 e. The summed E-state index contributed by atoms with van der Waals surface area (Å²) in [6.07, 6.45) is 4.93. The van der Waals surface area contributed by atoms with Crippen molar-refractivity contribution in [3.8, 4) is 0 Å². The first-order valence-electron chi connectivity index (χ1n) is 10.6. The maximum atomic E-state index is 12.9. The van der Waals surface area contributed by atoms with Crippen molar-refractivity contribution in [1.82, 2.24) is 10.6 Å². The quantitative estimate of drug-likeness (QED) is 0.416. The van der Waals surface area contributed by atoms with E-state index in [0.29, 0.717) is 18.6 Å². The minimum atomic E-state index is -0.529. The first kappa shape index (κ1) is 24.9. The summed E-state index contributed by atoms with van der Waals surface area (Å²) in [6, 6.07) is 9.32. The second-order valence-corrected chi connectivity index (χ2v) is 8.72. The zero-order chi connectivity index (χ0) is 22.5. The zero-order valence-electron chi connectivity index (χ0n) is 17.9. The van der Waals surface area contributed by atoms with Gasteiger partial charge in [0, 0.05) is 30.4 Å². The highest BCUT2D eigenvalue weighted by atomic mass is 32.2. The minimum Gasteiger partial charge on any atom is -0.463 e. The van der Waals surface area contributed by atoms with Gasteiger partial charge in [0.05, 0.1) is 18.6 Å². The van der Waals surface area contributed by atoms with Crippen molar-refractivity contribution in [2.75, 3.05) is 19.0 Å². The Bertz CT molecular complexity index is 741. The molecule has 8 heteroatoms. The van der Waals surface area contributed by atoms with Crippen LogP contribution >= 0.6 is 11.8 Å². The van der Waals surface area contributed by atoms with Crippen molar-refractivity contribution in [3.63, 3.8) is 0 Å². The molecule has 0 saturated heterocycles. The van der Waals surface area contributed by atoms with Crippen LogP contribution in [0.3, 0.4) is 0 Å². The Morgan fingerprint density at radius 2 is 2.06 bits per heavy atom. The second kappa shape index (κ2) is 13.9. The summed E-state index contributed by atoms with van der Waals surface area (Å²) in [4.78, 5) is 37.1. The lowest BCUT2D eigenvalue weighted by Crippen LogP contribution is -2.45. The van der Waals surface area contributed by atoms with Gasteiger partial charge in [0.1, 0.15) is 6.61 Å². The molecule has 3 atom stereocenters. The average Bonchev–Trinajstić information content (AvgIpc) is 2.76. The number of amides is 2. The maximum absolute atomic E-state index is 12.9. The van der Waals surface area contributed by atoms with Gasteiger partial charge in [-0.2, -0.15) is 11.8 Å². The van der Waals surface area contributed by atoms with Crippen LogP contribution in [0.4, 0.5) is 0 Å². The van der Waals surface area contributed by atoms with Crippen LogP contribution < -0.4 is 10.6 Å². The van der Waals surface area contributed by atoms with E-state index in [0.717, 1.165) is 5.75 Å². The number of aliphatic hydroxyl groups excluding tert-OH is 1. The van der Waals surface area contributed by atoms with Crippen LogP contribution in [-0.2, 0) is 24.9 Å². The van der Waals surface area contributed by atoms with E-state index in [1.165, 1.54) is 5.56 Å². The molecule has 31 heavy (non-hydrogen) atoms. The van der Waals surface area contributed by atoms with E-state index in [1.807, 2.05) is 42.5 Å². The molecule has 0 aliphatic carbocycles. The summed E-state index contributed by atoms with van der Waals surface area (Å²) in [7, 11) is 0. The lowest BCUT2D eigenvalue weighted by atomic mass is 9.98. The number of ether oxygens (including phenoxy) is 1. The molecule has 2 amide bonds. The number of hydrogen-bond acceptors (Lipinski definition) is 6. The molecule has 0 fully saturated rings. The van der Waals surface area contributed by atoms with Crippen LogP contribution in [0.25, 0.3) is 0 Å². The minimum absolute atomic E-state index is 0.0319. The summed E-state index contributed by atoms with van der Waals surface area (Å²) in [6.45, 7) is 1.65. The molecule has 0 bridgehead atoms. The van der Waals surface area contributed by atoms with Crippen LogP contribution in [0.5, 0.6) is 0 Å². The van der Waals surface area contributed by atoms with Crippen LogP contribution in [0.1, 0.15) is 38.2 Å². The number of carbonyl (C=O) groups excluding carboxylic acids is 3. The average molecular weight is 449 g/mol. The highest BCUT2D eigenvalue weighted by Gasteiger charge is 2.25. The van der Waals surface area contributed by atoms with E-state index in [2.05, 4.69) is 10.6 Å². The van der Waals surface area contributed by atoms with E-state index in [-0.39, 0.29) is 55.9 Å². The van der Waals surface area contributed by atoms with Gasteiger partial charge in [-0.05, 0) is 25.3 Å². The monoisotopic (exact) mass is 448 g/mol.